The van der Waals surface area contributed by atoms with E-state index in [0.29, 0.717) is 31.0 Å². The number of rotatable bonds is 21. The van der Waals surface area contributed by atoms with Gasteiger partial charge < -0.3 is 4.74 Å². The van der Waals surface area contributed by atoms with Crippen LogP contribution >= 0.6 is 55.4 Å². The highest BCUT2D eigenvalue weighted by Gasteiger charge is 2.90. The highest BCUT2D eigenvalue weighted by Crippen LogP contribution is 2.60. The summed E-state index contributed by atoms with van der Waals surface area (Å²) >= 11 is 30.1. The summed E-state index contributed by atoms with van der Waals surface area (Å²) in [4.78, 5) is 0. The predicted octanol–water partition coefficient (Wildman–Crippen LogP) is 11.8. The van der Waals surface area contributed by atoms with Crippen LogP contribution in [0.5, 0.6) is 0 Å². The molecule has 0 radical (unpaired) electrons. The Labute approximate surface area is 254 Å². The minimum atomic E-state index is -7.89. The number of hydrogen-bond donors (Lipinski definition) is 0. The molecule has 0 unspecified atom stereocenters. The van der Waals surface area contributed by atoms with Crippen LogP contribution in [0.1, 0.15) is 57.8 Å². The average Bonchev–Trinajstić information content (AvgIpc) is 2.79. The van der Waals surface area contributed by atoms with Gasteiger partial charge in [-0.3, -0.25) is 0 Å². The van der Waals surface area contributed by atoms with Gasteiger partial charge >= 0.3 is 41.8 Å². The molecular formula is C20H28Cl5F13OSi2. The van der Waals surface area contributed by atoms with Crippen LogP contribution < -0.4 is 0 Å². The van der Waals surface area contributed by atoms with Crippen molar-refractivity contribution < 1.29 is 61.8 Å². The second kappa shape index (κ2) is 16.0. The van der Waals surface area contributed by atoms with Gasteiger partial charge in [-0.25, -0.2) is 0 Å². The van der Waals surface area contributed by atoms with Crippen molar-refractivity contribution in [3.05, 3.63) is 0 Å². The molecule has 0 aliphatic carbocycles. The Kier molecular flexibility index (Phi) is 16.3. The van der Waals surface area contributed by atoms with E-state index < -0.39 is 61.5 Å². The fourth-order valence-corrected chi connectivity index (χ4v) is 12.0. The van der Waals surface area contributed by atoms with E-state index in [1.807, 2.05) is 0 Å². The second-order valence-electron chi connectivity index (χ2n) is 9.41. The van der Waals surface area contributed by atoms with Crippen LogP contribution in [0.25, 0.3) is 0 Å². The van der Waals surface area contributed by atoms with Crippen LogP contribution in [0.3, 0.4) is 0 Å². The molecule has 0 spiro atoms. The van der Waals surface area contributed by atoms with Gasteiger partial charge in [-0.15, -0.1) is 55.4 Å². The molecule has 0 heterocycles. The van der Waals surface area contributed by atoms with Gasteiger partial charge in [0.2, 0.25) is 0 Å². The highest BCUT2D eigenvalue weighted by molar-refractivity contribution is 7.65. The molecule has 0 bridgehead atoms. The van der Waals surface area contributed by atoms with E-state index in [-0.39, 0.29) is 13.0 Å². The first kappa shape index (κ1) is 41.9. The van der Waals surface area contributed by atoms with Gasteiger partial charge in [-0.1, -0.05) is 44.9 Å². The van der Waals surface area contributed by atoms with E-state index in [9.17, 15) is 57.1 Å². The summed E-state index contributed by atoms with van der Waals surface area (Å²) in [6.07, 6.45) is -4.21. The molecule has 0 fully saturated rings. The van der Waals surface area contributed by atoms with Gasteiger partial charge in [0.15, 0.2) is 0 Å². The fourth-order valence-electron chi connectivity index (χ4n) is 3.36. The molecule has 41 heavy (non-hydrogen) atoms. The van der Waals surface area contributed by atoms with Crippen molar-refractivity contribution in [2.24, 2.45) is 0 Å². The summed E-state index contributed by atoms with van der Waals surface area (Å²) in [5, 5.41) is 0. The topological polar surface area (TPSA) is 9.23 Å². The molecule has 0 aliphatic heterocycles. The average molecular weight is 765 g/mol. The molecule has 0 aromatic carbocycles. The molecule has 1 nitrogen and oxygen atoms in total. The molecular weight excluding hydrogens is 737 g/mol. The largest absolute Gasteiger partial charge is 0.460 e. The lowest BCUT2D eigenvalue weighted by atomic mass is 9.93. The van der Waals surface area contributed by atoms with Crippen LogP contribution in [0.2, 0.25) is 18.1 Å². The van der Waals surface area contributed by atoms with Crippen molar-refractivity contribution in [2.75, 3.05) is 13.2 Å². The van der Waals surface area contributed by atoms with Crippen molar-refractivity contribution in [3.63, 3.8) is 0 Å². The smallest absolute Gasteiger partial charge is 0.381 e. The maximum atomic E-state index is 13.7. The minimum Gasteiger partial charge on any atom is -0.381 e. The van der Waals surface area contributed by atoms with Crippen molar-refractivity contribution in [3.8, 4) is 0 Å². The van der Waals surface area contributed by atoms with Gasteiger partial charge in [0.25, 0.3) is 6.69 Å². The van der Waals surface area contributed by atoms with Gasteiger partial charge in [-0.2, -0.15) is 57.1 Å². The fraction of sp³-hybridized carbons (Fsp3) is 1.00. The molecule has 0 aromatic heterocycles. The molecule has 0 rings (SSSR count). The van der Waals surface area contributed by atoms with E-state index >= 15 is 0 Å². The lowest BCUT2D eigenvalue weighted by molar-refractivity contribution is -0.440. The molecule has 0 aromatic rings. The Morgan fingerprint density at radius 3 is 1.29 bits per heavy atom. The third-order valence-electron chi connectivity index (χ3n) is 5.91. The Morgan fingerprint density at radius 1 is 0.439 bits per heavy atom. The number of ether oxygens (including phenoxy) is 1. The first-order chi connectivity index (χ1) is 18.2. The molecule has 21 heteroatoms. The Morgan fingerprint density at radius 2 is 0.854 bits per heavy atom. The summed E-state index contributed by atoms with van der Waals surface area (Å²) in [5.41, 5.74) is 0. The zero-order valence-electron chi connectivity index (χ0n) is 21.1. The number of unbranched alkanes of at least 4 members (excludes halogenated alkanes) is 7. The van der Waals surface area contributed by atoms with E-state index in [4.69, 9.17) is 55.4 Å². The van der Waals surface area contributed by atoms with E-state index in [0.717, 1.165) is 32.1 Å². The van der Waals surface area contributed by atoms with E-state index in [1.165, 1.54) is 0 Å². The van der Waals surface area contributed by atoms with Crippen LogP contribution in [0, 0.1) is 0 Å². The van der Waals surface area contributed by atoms with Crippen LogP contribution in [0.4, 0.5) is 57.1 Å². The lowest BCUT2D eigenvalue weighted by Crippen LogP contribution is -2.70. The highest BCUT2D eigenvalue weighted by atomic mass is 35.8. The number of alkyl halides is 13. The third-order valence-corrected chi connectivity index (χ3v) is 13.3. The standard InChI is InChI=1S/C20H28Cl5F13OSi2/c21-40(22,13-14-41(23,24)25)12-8-6-4-2-1-3-5-7-10-39-11-9-15(26,27)16(28,29)17(30,31)18(32,33)19(34,35)20(36,37)38/h1-14H2. The zero-order chi connectivity index (χ0) is 32.6. The molecule has 0 atom stereocenters. The third kappa shape index (κ3) is 12.3. The Balaban J connectivity index is 4.35. The van der Waals surface area contributed by atoms with Crippen molar-refractivity contribution in [1.29, 1.82) is 0 Å². The predicted molar refractivity (Wildman–Crippen MR) is 138 cm³/mol. The molecule has 0 N–H and O–H groups in total. The summed E-state index contributed by atoms with van der Waals surface area (Å²) in [6, 6.07) is -1.26. The van der Waals surface area contributed by atoms with Gasteiger partial charge in [0.1, 0.15) is 0 Å². The SMILES string of the molecule is FC(F)(F)C(F)(F)C(F)(F)C(F)(F)C(F)(F)C(F)(F)CCOCCCCCCCCCC[Si](Cl)(Cl)CC[Si](Cl)(Cl)Cl. The summed E-state index contributed by atoms with van der Waals surface area (Å²) in [6.45, 7) is -4.17. The first-order valence-corrected chi connectivity index (χ1v) is 21.8. The van der Waals surface area contributed by atoms with Crippen LogP contribution in [-0.2, 0) is 4.74 Å². The lowest BCUT2D eigenvalue weighted by Gasteiger charge is -2.39. The molecule has 248 valence electrons. The van der Waals surface area contributed by atoms with Gasteiger partial charge in [-0.05, 0) is 24.6 Å². The minimum absolute atomic E-state index is 0.229. The van der Waals surface area contributed by atoms with Gasteiger partial charge in [0.05, 0.1) is 6.61 Å². The maximum absolute atomic E-state index is 13.7. The summed E-state index contributed by atoms with van der Waals surface area (Å²) in [5.74, 6) is -36.8. The Bertz CT molecular complexity index is 782. The van der Waals surface area contributed by atoms with Crippen molar-refractivity contribution in [2.45, 2.75) is 112 Å². The van der Waals surface area contributed by atoms with Crippen molar-refractivity contribution >= 4 is 68.1 Å². The first-order valence-electron chi connectivity index (χ1n) is 12.1. The molecule has 0 amide bonds. The maximum Gasteiger partial charge on any atom is 0.460 e. The van der Waals surface area contributed by atoms with E-state index in [2.05, 4.69) is 4.74 Å². The zero-order valence-corrected chi connectivity index (χ0v) is 26.9. The quantitative estimate of drug-likeness (QED) is 0.0490. The summed E-state index contributed by atoms with van der Waals surface area (Å²) in [7, 11) is 0. The van der Waals surface area contributed by atoms with Crippen molar-refractivity contribution in [1.82, 2.24) is 0 Å². The molecule has 0 saturated carbocycles. The van der Waals surface area contributed by atoms with Crippen LogP contribution in [-0.4, -0.2) is 61.7 Å². The second-order valence-corrected chi connectivity index (χ2v) is 26.3. The molecule has 0 saturated heterocycles. The normalized spacial score (nSPS) is 15.1. The summed E-state index contributed by atoms with van der Waals surface area (Å²) < 4.78 is 174. The van der Waals surface area contributed by atoms with Crippen LogP contribution in [0.15, 0.2) is 0 Å². The Hall–Kier alpha value is 0.934. The monoisotopic (exact) mass is 762 g/mol. The van der Waals surface area contributed by atoms with E-state index in [1.54, 1.807) is 0 Å². The number of hydrogen-bond acceptors (Lipinski definition) is 1. The van der Waals surface area contributed by atoms with Gasteiger partial charge in [0, 0.05) is 13.0 Å². The molecule has 0 aliphatic rings. The number of halogens is 18.